The number of carboxylic acids is 1. The Labute approximate surface area is 106 Å². The molecule has 1 aromatic heterocycles. The number of aliphatic carboxylic acids is 1. The predicted octanol–water partition coefficient (Wildman–Crippen LogP) is 2.90. The van der Waals surface area contributed by atoms with Crippen LogP contribution in [0.2, 0.25) is 0 Å². The van der Waals surface area contributed by atoms with Gasteiger partial charge in [-0.05, 0) is 12.0 Å². The van der Waals surface area contributed by atoms with Crippen molar-refractivity contribution in [2.24, 2.45) is 5.92 Å². The van der Waals surface area contributed by atoms with Crippen LogP contribution >= 0.6 is 0 Å². The van der Waals surface area contributed by atoms with Gasteiger partial charge in [0.25, 0.3) is 0 Å². The van der Waals surface area contributed by atoms with E-state index in [9.17, 15) is 9.90 Å². The first-order valence-corrected chi connectivity index (χ1v) is 5.93. The van der Waals surface area contributed by atoms with Gasteiger partial charge in [0.1, 0.15) is 5.92 Å². The molecule has 0 aliphatic carbocycles. The largest absolute Gasteiger partial charge is 0.481 e. The van der Waals surface area contributed by atoms with Gasteiger partial charge in [0.2, 0.25) is 0 Å². The minimum Gasteiger partial charge on any atom is -0.481 e. The van der Waals surface area contributed by atoms with Crippen molar-refractivity contribution in [3.8, 4) is 11.3 Å². The van der Waals surface area contributed by atoms with Crippen LogP contribution in [0.25, 0.3) is 11.3 Å². The fraction of sp³-hybridized carbons (Fsp3) is 0.286. The van der Waals surface area contributed by atoms with E-state index in [1.165, 1.54) is 0 Å². The molecular formula is C14H16N2O2. The van der Waals surface area contributed by atoms with Gasteiger partial charge in [0.05, 0.1) is 11.4 Å². The van der Waals surface area contributed by atoms with Crippen molar-refractivity contribution in [1.29, 1.82) is 0 Å². The van der Waals surface area contributed by atoms with Crippen molar-refractivity contribution in [3.05, 3.63) is 42.1 Å². The number of hydrogen-bond donors (Lipinski definition) is 2. The number of carboxylic acid groups (broad SMARTS) is 1. The molecule has 1 aromatic carbocycles. The number of aromatic amines is 1. The van der Waals surface area contributed by atoms with Gasteiger partial charge in [0.15, 0.2) is 0 Å². The quantitative estimate of drug-likeness (QED) is 0.869. The maximum absolute atomic E-state index is 11.2. The van der Waals surface area contributed by atoms with E-state index in [0.717, 1.165) is 11.3 Å². The lowest BCUT2D eigenvalue weighted by Crippen LogP contribution is -2.17. The first-order chi connectivity index (χ1) is 8.59. The monoisotopic (exact) mass is 244 g/mol. The van der Waals surface area contributed by atoms with E-state index in [4.69, 9.17) is 0 Å². The Morgan fingerprint density at radius 1 is 1.28 bits per heavy atom. The van der Waals surface area contributed by atoms with Gasteiger partial charge >= 0.3 is 5.97 Å². The van der Waals surface area contributed by atoms with E-state index in [1.807, 2.05) is 50.2 Å². The maximum Gasteiger partial charge on any atom is 0.312 e. The lowest BCUT2D eigenvalue weighted by atomic mass is 9.92. The highest BCUT2D eigenvalue weighted by Gasteiger charge is 2.25. The lowest BCUT2D eigenvalue weighted by molar-refractivity contribution is -0.140. The average molecular weight is 244 g/mol. The fourth-order valence-corrected chi connectivity index (χ4v) is 2.03. The Kier molecular flexibility index (Phi) is 3.46. The maximum atomic E-state index is 11.2. The molecule has 4 nitrogen and oxygen atoms in total. The molecule has 0 aliphatic heterocycles. The zero-order valence-corrected chi connectivity index (χ0v) is 10.4. The van der Waals surface area contributed by atoms with Crippen LogP contribution in [0, 0.1) is 5.92 Å². The second kappa shape index (κ2) is 5.04. The second-order valence-electron chi connectivity index (χ2n) is 4.63. The number of rotatable bonds is 4. The van der Waals surface area contributed by atoms with Crippen molar-refractivity contribution in [2.45, 2.75) is 19.8 Å². The van der Waals surface area contributed by atoms with Crippen LogP contribution in [-0.2, 0) is 4.79 Å². The molecule has 0 saturated heterocycles. The summed E-state index contributed by atoms with van der Waals surface area (Å²) in [5, 5.41) is 16.2. The molecule has 0 amide bonds. The van der Waals surface area contributed by atoms with Crippen LogP contribution in [0.4, 0.5) is 0 Å². The van der Waals surface area contributed by atoms with Gasteiger partial charge in [-0.15, -0.1) is 0 Å². The summed E-state index contributed by atoms with van der Waals surface area (Å²) in [5.41, 5.74) is 2.40. The molecule has 0 radical (unpaired) electrons. The summed E-state index contributed by atoms with van der Waals surface area (Å²) in [4.78, 5) is 11.2. The molecule has 0 fully saturated rings. The SMILES string of the molecule is CC(C)C(C(=O)O)c1cc(-c2ccccc2)n[nH]1. The summed E-state index contributed by atoms with van der Waals surface area (Å²) in [6, 6.07) is 11.5. The molecular weight excluding hydrogens is 228 g/mol. The van der Waals surface area contributed by atoms with Crippen LogP contribution in [0.5, 0.6) is 0 Å². The summed E-state index contributed by atoms with van der Waals surface area (Å²) < 4.78 is 0. The molecule has 0 aliphatic rings. The average Bonchev–Trinajstić information content (AvgIpc) is 2.78. The van der Waals surface area contributed by atoms with Gasteiger partial charge < -0.3 is 5.11 Å². The van der Waals surface area contributed by atoms with E-state index in [2.05, 4.69) is 10.2 Å². The van der Waals surface area contributed by atoms with Crippen molar-refractivity contribution in [1.82, 2.24) is 10.2 Å². The zero-order valence-electron chi connectivity index (χ0n) is 10.4. The molecule has 1 atom stereocenters. The van der Waals surface area contributed by atoms with Gasteiger partial charge in [-0.2, -0.15) is 5.10 Å². The summed E-state index contributed by atoms with van der Waals surface area (Å²) in [6.07, 6.45) is 0. The van der Waals surface area contributed by atoms with Gasteiger partial charge in [-0.3, -0.25) is 9.89 Å². The van der Waals surface area contributed by atoms with E-state index >= 15 is 0 Å². The summed E-state index contributed by atoms with van der Waals surface area (Å²) in [7, 11) is 0. The fourth-order valence-electron chi connectivity index (χ4n) is 2.03. The van der Waals surface area contributed by atoms with Gasteiger partial charge in [-0.1, -0.05) is 44.2 Å². The van der Waals surface area contributed by atoms with Gasteiger partial charge in [-0.25, -0.2) is 0 Å². The topological polar surface area (TPSA) is 66.0 Å². The van der Waals surface area contributed by atoms with Crippen molar-refractivity contribution in [2.75, 3.05) is 0 Å². The predicted molar refractivity (Wildman–Crippen MR) is 69.2 cm³/mol. The smallest absolute Gasteiger partial charge is 0.312 e. The molecule has 4 heteroatoms. The first-order valence-electron chi connectivity index (χ1n) is 5.93. The van der Waals surface area contributed by atoms with Crippen LogP contribution in [0.3, 0.4) is 0 Å². The Morgan fingerprint density at radius 3 is 2.50 bits per heavy atom. The molecule has 2 N–H and O–H groups in total. The van der Waals surface area contributed by atoms with Crippen molar-refractivity contribution >= 4 is 5.97 Å². The Hall–Kier alpha value is -2.10. The number of H-pyrrole nitrogens is 1. The third-order valence-electron chi connectivity index (χ3n) is 2.94. The van der Waals surface area contributed by atoms with Crippen LogP contribution in [0.1, 0.15) is 25.5 Å². The molecule has 1 heterocycles. The molecule has 18 heavy (non-hydrogen) atoms. The van der Waals surface area contributed by atoms with Crippen LogP contribution < -0.4 is 0 Å². The van der Waals surface area contributed by atoms with E-state index in [0.29, 0.717) is 5.69 Å². The van der Waals surface area contributed by atoms with Gasteiger partial charge in [0, 0.05) is 5.56 Å². The molecule has 1 unspecified atom stereocenters. The Morgan fingerprint density at radius 2 is 1.94 bits per heavy atom. The highest BCUT2D eigenvalue weighted by atomic mass is 16.4. The minimum atomic E-state index is -0.826. The second-order valence-corrected chi connectivity index (χ2v) is 4.63. The highest BCUT2D eigenvalue weighted by molar-refractivity contribution is 5.76. The third-order valence-corrected chi connectivity index (χ3v) is 2.94. The van der Waals surface area contributed by atoms with Crippen molar-refractivity contribution in [3.63, 3.8) is 0 Å². The zero-order chi connectivity index (χ0) is 13.1. The van der Waals surface area contributed by atoms with Crippen LogP contribution in [0.15, 0.2) is 36.4 Å². The normalized spacial score (nSPS) is 12.6. The number of aromatic nitrogens is 2. The summed E-state index contributed by atoms with van der Waals surface area (Å²) >= 11 is 0. The molecule has 94 valence electrons. The number of hydrogen-bond acceptors (Lipinski definition) is 2. The van der Waals surface area contributed by atoms with E-state index in [1.54, 1.807) is 0 Å². The number of nitrogens with zero attached hydrogens (tertiary/aromatic N) is 1. The lowest BCUT2D eigenvalue weighted by Gasteiger charge is -2.13. The third kappa shape index (κ3) is 2.42. The summed E-state index contributed by atoms with van der Waals surface area (Å²) in [6.45, 7) is 3.78. The van der Waals surface area contributed by atoms with Crippen molar-refractivity contribution < 1.29 is 9.90 Å². The van der Waals surface area contributed by atoms with E-state index < -0.39 is 11.9 Å². The highest BCUT2D eigenvalue weighted by Crippen LogP contribution is 2.26. The molecule has 2 aromatic rings. The molecule has 0 spiro atoms. The number of nitrogens with one attached hydrogen (secondary N) is 1. The number of carbonyl (C=O) groups is 1. The minimum absolute atomic E-state index is 0.0200. The molecule has 2 rings (SSSR count). The van der Waals surface area contributed by atoms with Crippen LogP contribution in [-0.4, -0.2) is 21.3 Å². The Bertz CT molecular complexity index is 532. The standard InChI is InChI=1S/C14H16N2O2/c1-9(2)13(14(17)18)12-8-11(15-16-12)10-6-4-3-5-7-10/h3-9,13H,1-2H3,(H,15,16)(H,17,18). The number of benzene rings is 1. The Balaban J connectivity index is 2.33. The first kappa shape index (κ1) is 12.4. The molecule has 0 bridgehead atoms. The van der Waals surface area contributed by atoms with E-state index in [-0.39, 0.29) is 5.92 Å². The summed E-state index contributed by atoms with van der Waals surface area (Å²) in [5.74, 6) is -1.35. The molecule has 0 saturated carbocycles.